The number of carbonyl (C=O) groups excluding carboxylic acids is 1. The first-order chi connectivity index (χ1) is 12.2. The van der Waals surface area contributed by atoms with Crippen LogP contribution in [0.5, 0.6) is 0 Å². The molecule has 0 aromatic heterocycles. The number of hydrogen-bond acceptors (Lipinski definition) is 3. The number of unbranched alkanes of at least 4 members (excludes halogenated alkanes) is 3. The standard InChI is InChI=1S/C22H35NO2/c1-2-3-4-5-7-18-9-13-20(14-10-18)22(24)25-21-15-11-19(12-16-21)8-6-17-23/h6,8,18-21H,2-5,7,9-16H2,1H3. The SMILES string of the molecule is CCCCCCC1CCC(C(=O)OC2CCC(C=CC#N)CC2)CC1. The molecule has 2 saturated carbocycles. The van der Waals surface area contributed by atoms with E-state index in [0.717, 1.165) is 44.4 Å². The molecule has 2 rings (SSSR count). The maximum atomic E-state index is 12.4. The molecule has 0 aliphatic heterocycles. The Labute approximate surface area is 153 Å². The first-order valence-electron chi connectivity index (χ1n) is 10.5. The minimum atomic E-state index is 0.0560. The van der Waals surface area contributed by atoms with Crippen LogP contribution in [0.25, 0.3) is 0 Å². The van der Waals surface area contributed by atoms with Crippen molar-refractivity contribution >= 4 is 5.97 Å². The topological polar surface area (TPSA) is 50.1 Å². The number of hydrogen-bond donors (Lipinski definition) is 0. The molecular formula is C22H35NO2. The zero-order valence-electron chi connectivity index (χ0n) is 15.9. The average Bonchev–Trinajstić information content (AvgIpc) is 2.65. The van der Waals surface area contributed by atoms with Gasteiger partial charge in [0.1, 0.15) is 6.10 Å². The minimum absolute atomic E-state index is 0.0560. The number of nitrogens with zero attached hydrogens (tertiary/aromatic N) is 1. The van der Waals surface area contributed by atoms with Crippen LogP contribution >= 0.6 is 0 Å². The maximum Gasteiger partial charge on any atom is 0.309 e. The zero-order chi connectivity index (χ0) is 17.9. The van der Waals surface area contributed by atoms with Crippen LogP contribution in [0.3, 0.4) is 0 Å². The number of allylic oxidation sites excluding steroid dienone is 2. The molecule has 140 valence electrons. The summed E-state index contributed by atoms with van der Waals surface area (Å²) in [6.07, 6.45) is 18.8. The predicted octanol–water partition coefficient (Wildman–Crippen LogP) is 5.94. The molecule has 0 heterocycles. The van der Waals surface area contributed by atoms with E-state index >= 15 is 0 Å². The quantitative estimate of drug-likeness (QED) is 0.310. The van der Waals surface area contributed by atoms with Gasteiger partial charge >= 0.3 is 5.97 Å². The van der Waals surface area contributed by atoms with Crippen LogP contribution in [-0.4, -0.2) is 12.1 Å². The lowest BCUT2D eigenvalue weighted by atomic mass is 9.79. The van der Waals surface area contributed by atoms with Crippen LogP contribution in [0, 0.1) is 29.1 Å². The molecular weight excluding hydrogens is 310 g/mol. The van der Waals surface area contributed by atoms with E-state index in [1.165, 1.54) is 44.9 Å². The highest BCUT2D eigenvalue weighted by Crippen LogP contribution is 2.34. The molecule has 0 spiro atoms. The lowest BCUT2D eigenvalue weighted by Gasteiger charge is -2.31. The molecule has 0 aromatic carbocycles. The minimum Gasteiger partial charge on any atom is -0.462 e. The van der Waals surface area contributed by atoms with Gasteiger partial charge in [-0.25, -0.2) is 0 Å². The van der Waals surface area contributed by atoms with Crippen molar-refractivity contribution in [3.05, 3.63) is 12.2 Å². The predicted molar refractivity (Wildman–Crippen MR) is 101 cm³/mol. The molecule has 0 atom stereocenters. The van der Waals surface area contributed by atoms with E-state index in [0.29, 0.717) is 5.92 Å². The molecule has 2 aliphatic rings. The van der Waals surface area contributed by atoms with Gasteiger partial charge in [0.15, 0.2) is 0 Å². The van der Waals surface area contributed by atoms with E-state index in [4.69, 9.17) is 10.00 Å². The summed E-state index contributed by atoms with van der Waals surface area (Å²) in [7, 11) is 0. The molecule has 2 aliphatic carbocycles. The summed E-state index contributed by atoms with van der Waals surface area (Å²) in [5, 5.41) is 8.60. The molecule has 2 fully saturated rings. The Bertz CT molecular complexity index is 449. The van der Waals surface area contributed by atoms with Gasteiger partial charge in [-0.05, 0) is 63.2 Å². The van der Waals surface area contributed by atoms with Gasteiger partial charge in [-0.2, -0.15) is 5.26 Å². The van der Waals surface area contributed by atoms with E-state index in [-0.39, 0.29) is 18.0 Å². The van der Waals surface area contributed by atoms with Crippen LogP contribution in [0.15, 0.2) is 12.2 Å². The highest BCUT2D eigenvalue weighted by atomic mass is 16.5. The van der Waals surface area contributed by atoms with Crippen molar-refractivity contribution in [2.75, 3.05) is 0 Å². The Balaban J connectivity index is 1.61. The number of esters is 1. The summed E-state index contributed by atoms with van der Waals surface area (Å²) < 4.78 is 5.80. The fraction of sp³-hybridized carbons (Fsp3) is 0.818. The molecule has 25 heavy (non-hydrogen) atoms. The van der Waals surface area contributed by atoms with Gasteiger partial charge in [0.25, 0.3) is 0 Å². The van der Waals surface area contributed by atoms with E-state index < -0.39 is 0 Å². The van der Waals surface area contributed by atoms with Crippen LogP contribution < -0.4 is 0 Å². The van der Waals surface area contributed by atoms with Crippen molar-refractivity contribution < 1.29 is 9.53 Å². The van der Waals surface area contributed by atoms with E-state index in [1.54, 1.807) is 6.08 Å². The Morgan fingerprint density at radius 3 is 2.40 bits per heavy atom. The Morgan fingerprint density at radius 1 is 1.04 bits per heavy atom. The number of nitriles is 1. The third kappa shape index (κ3) is 7.22. The van der Waals surface area contributed by atoms with E-state index in [2.05, 4.69) is 13.0 Å². The summed E-state index contributed by atoms with van der Waals surface area (Å²) in [6.45, 7) is 2.26. The third-order valence-electron chi connectivity index (χ3n) is 6.09. The number of carbonyl (C=O) groups is 1. The van der Waals surface area contributed by atoms with E-state index in [1.807, 2.05) is 6.08 Å². The van der Waals surface area contributed by atoms with Crippen molar-refractivity contribution in [1.82, 2.24) is 0 Å². The van der Waals surface area contributed by atoms with Crippen LogP contribution in [0.2, 0.25) is 0 Å². The molecule has 0 unspecified atom stereocenters. The molecule has 0 aromatic rings. The lowest BCUT2D eigenvalue weighted by molar-refractivity contribution is -0.157. The second kappa shape index (κ2) is 11.3. The van der Waals surface area contributed by atoms with Gasteiger partial charge in [0, 0.05) is 6.08 Å². The van der Waals surface area contributed by atoms with Crippen molar-refractivity contribution in [2.24, 2.45) is 17.8 Å². The first kappa shape index (κ1) is 20.0. The lowest BCUT2D eigenvalue weighted by Crippen LogP contribution is -2.29. The molecule has 0 N–H and O–H groups in total. The third-order valence-corrected chi connectivity index (χ3v) is 6.09. The highest BCUT2D eigenvalue weighted by molar-refractivity contribution is 5.72. The fourth-order valence-corrected chi connectivity index (χ4v) is 4.39. The summed E-state index contributed by atoms with van der Waals surface area (Å²) >= 11 is 0. The smallest absolute Gasteiger partial charge is 0.309 e. The summed E-state index contributed by atoms with van der Waals surface area (Å²) in [4.78, 5) is 12.4. The molecule has 0 radical (unpaired) electrons. The summed E-state index contributed by atoms with van der Waals surface area (Å²) in [6, 6.07) is 2.06. The van der Waals surface area contributed by atoms with Crippen molar-refractivity contribution in [3.63, 3.8) is 0 Å². The van der Waals surface area contributed by atoms with Gasteiger partial charge in [-0.15, -0.1) is 0 Å². The van der Waals surface area contributed by atoms with Crippen molar-refractivity contribution in [1.29, 1.82) is 5.26 Å². The fourth-order valence-electron chi connectivity index (χ4n) is 4.39. The monoisotopic (exact) mass is 345 g/mol. The molecule has 0 saturated heterocycles. The Hall–Kier alpha value is -1.30. The normalized spacial score (nSPS) is 30.1. The van der Waals surface area contributed by atoms with Crippen molar-refractivity contribution in [3.8, 4) is 6.07 Å². The van der Waals surface area contributed by atoms with Crippen LogP contribution in [-0.2, 0) is 9.53 Å². The first-order valence-corrected chi connectivity index (χ1v) is 10.5. The van der Waals surface area contributed by atoms with Crippen LogP contribution in [0.4, 0.5) is 0 Å². The van der Waals surface area contributed by atoms with Crippen molar-refractivity contribution in [2.45, 2.75) is 96.5 Å². The van der Waals surface area contributed by atoms with Gasteiger partial charge in [0.05, 0.1) is 12.0 Å². The Kier molecular flexibility index (Phi) is 9.08. The highest BCUT2D eigenvalue weighted by Gasteiger charge is 2.30. The van der Waals surface area contributed by atoms with Gasteiger partial charge in [0.2, 0.25) is 0 Å². The van der Waals surface area contributed by atoms with Gasteiger partial charge < -0.3 is 4.74 Å². The molecule has 3 heteroatoms. The van der Waals surface area contributed by atoms with Gasteiger partial charge in [-0.3, -0.25) is 4.79 Å². The summed E-state index contributed by atoms with van der Waals surface area (Å²) in [5.74, 6) is 1.52. The second-order valence-corrected chi connectivity index (χ2v) is 8.03. The zero-order valence-corrected chi connectivity index (χ0v) is 15.9. The number of rotatable bonds is 8. The summed E-state index contributed by atoms with van der Waals surface area (Å²) in [5.41, 5.74) is 0. The number of ether oxygens (including phenoxy) is 1. The van der Waals surface area contributed by atoms with Crippen LogP contribution in [0.1, 0.15) is 90.4 Å². The molecule has 0 bridgehead atoms. The second-order valence-electron chi connectivity index (χ2n) is 8.03. The molecule has 3 nitrogen and oxygen atoms in total. The van der Waals surface area contributed by atoms with Gasteiger partial charge in [-0.1, -0.05) is 45.1 Å². The Morgan fingerprint density at radius 2 is 1.76 bits per heavy atom. The largest absolute Gasteiger partial charge is 0.462 e. The van der Waals surface area contributed by atoms with E-state index in [9.17, 15) is 4.79 Å². The average molecular weight is 346 g/mol. The molecule has 0 amide bonds. The maximum absolute atomic E-state index is 12.4.